The minimum Gasteiger partial charge on any atom is -0.492 e. The Morgan fingerprint density at radius 1 is 1.35 bits per heavy atom. The third kappa shape index (κ3) is 2.87. The number of carbonyl (C=O) groups is 1. The van der Waals surface area contributed by atoms with Crippen LogP contribution in [0.2, 0.25) is 10.0 Å². The Balaban J connectivity index is 1.71. The standard InChI is InChI=1S/C14H16Cl2N2O2/c15-8-5-10-12(3-4-20-14(10)11(16)6-8)17-7-9-1-2-13(19)18-9/h5-6,9,12,17H,1-4,7H2,(H,18,19). The van der Waals surface area contributed by atoms with Crippen LogP contribution in [-0.2, 0) is 4.79 Å². The summed E-state index contributed by atoms with van der Waals surface area (Å²) in [6, 6.07) is 3.96. The second-order valence-corrected chi connectivity index (χ2v) is 6.05. The first kappa shape index (κ1) is 14.0. The van der Waals surface area contributed by atoms with Crippen molar-refractivity contribution in [3.05, 3.63) is 27.7 Å². The first-order chi connectivity index (χ1) is 9.63. The van der Waals surface area contributed by atoms with Gasteiger partial charge in [-0.15, -0.1) is 0 Å². The molecule has 20 heavy (non-hydrogen) atoms. The molecule has 0 saturated carbocycles. The molecule has 108 valence electrons. The van der Waals surface area contributed by atoms with Gasteiger partial charge in [0.15, 0.2) is 0 Å². The predicted octanol–water partition coefficient (Wildman–Crippen LogP) is 2.69. The molecular formula is C14H16Cl2N2O2. The van der Waals surface area contributed by atoms with Gasteiger partial charge >= 0.3 is 0 Å². The van der Waals surface area contributed by atoms with Crippen LogP contribution in [0.1, 0.15) is 30.9 Å². The summed E-state index contributed by atoms with van der Waals surface area (Å²) in [6.07, 6.45) is 2.37. The summed E-state index contributed by atoms with van der Waals surface area (Å²) in [5, 5.41) is 7.60. The van der Waals surface area contributed by atoms with E-state index in [2.05, 4.69) is 10.6 Å². The lowest BCUT2D eigenvalue weighted by Crippen LogP contribution is -2.38. The van der Waals surface area contributed by atoms with E-state index in [4.69, 9.17) is 27.9 Å². The molecule has 2 aliphatic rings. The number of fused-ring (bicyclic) bond motifs is 1. The van der Waals surface area contributed by atoms with Gasteiger partial charge in [-0.2, -0.15) is 0 Å². The predicted molar refractivity (Wildman–Crippen MR) is 78.5 cm³/mol. The fourth-order valence-electron chi connectivity index (χ4n) is 2.75. The van der Waals surface area contributed by atoms with Crippen LogP contribution in [0.15, 0.2) is 12.1 Å². The molecule has 2 heterocycles. The molecule has 6 heteroatoms. The summed E-state index contributed by atoms with van der Waals surface area (Å²) < 4.78 is 5.63. The van der Waals surface area contributed by atoms with Crippen molar-refractivity contribution in [3.8, 4) is 5.75 Å². The van der Waals surface area contributed by atoms with Crippen molar-refractivity contribution < 1.29 is 9.53 Å². The van der Waals surface area contributed by atoms with Crippen LogP contribution in [0.3, 0.4) is 0 Å². The average molecular weight is 315 g/mol. The van der Waals surface area contributed by atoms with Crippen LogP contribution < -0.4 is 15.4 Å². The lowest BCUT2D eigenvalue weighted by atomic mass is 10.00. The number of nitrogens with one attached hydrogen (secondary N) is 2. The highest BCUT2D eigenvalue weighted by Crippen LogP contribution is 2.39. The Hall–Kier alpha value is -0.970. The normalized spacial score (nSPS) is 25.0. The van der Waals surface area contributed by atoms with Crippen LogP contribution in [0.4, 0.5) is 0 Å². The molecule has 1 saturated heterocycles. The van der Waals surface area contributed by atoms with Gasteiger partial charge in [-0.1, -0.05) is 23.2 Å². The summed E-state index contributed by atoms with van der Waals surface area (Å²) in [5.41, 5.74) is 0.998. The smallest absolute Gasteiger partial charge is 0.220 e. The number of hydrogen-bond acceptors (Lipinski definition) is 3. The second kappa shape index (κ2) is 5.80. The number of amides is 1. The number of benzene rings is 1. The van der Waals surface area contributed by atoms with Gasteiger partial charge in [0.1, 0.15) is 5.75 Å². The van der Waals surface area contributed by atoms with Gasteiger partial charge in [0, 0.05) is 42.1 Å². The van der Waals surface area contributed by atoms with E-state index in [1.807, 2.05) is 6.07 Å². The van der Waals surface area contributed by atoms with E-state index in [-0.39, 0.29) is 18.0 Å². The Bertz CT molecular complexity index is 536. The van der Waals surface area contributed by atoms with E-state index in [1.54, 1.807) is 6.07 Å². The highest BCUT2D eigenvalue weighted by atomic mass is 35.5. The topological polar surface area (TPSA) is 50.4 Å². The minimum atomic E-state index is 0.135. The largest absolute Gasteiger partial charge is 0.492 e. The Morgan fingerprint density at radius 3 is 2.95 bits per heavy atom. The van der Waals surface area contributed by atoms with Crippen LogP contribution in [-0.4, -0.2) is 25.1 Å². The summed E-state index contributed by atoms with van der Waals surface area (Å²) >= 11 is 12.2. The molecule has 3 rings (SSSR count). The molecule has 0 aliphatic carbocycles. The van der Waals surface area contributed by atoms with E-state index in [1.165, 1.54) is 0 Å². The third-order valence-electron chi connectivity index (χ3n) is 3.76. The molecule has 1 fully saturated rings. The first-order valence-corrected chi connectivity index (χ1v) is 7.53. The van der Waals surface area contributed by atoms with Crippen molar-refractivity contribution in [2.75, 3.05) is 13.2 Å². The van der Waals surface area contributed by atoms with Crippen LogP contribution in [0, 0.1) is 0 Å². The van der Waals surface area contributed by atoms with E-state index < -0.39 is 0 Å². The number of rotatable bonds is 3. The molecule has 4 nitrogen and oxygen atoms in total. The fourth-order valence-corrected chi connectivity index (χ4v) is 3.32. The van der Waals surface area contributed by atoms with E-state index in [9.17, 15) is 4.79 Å². The molecule has 0 aromatic heterocycles. The maximum Gasteiger partial charge on any atom is 0.220 e. The average Bonchev–Trinajstić information content (AvgIpc) is 2.82. The Kier molecular flexibility index (Phi) is 4.06. The number of carbonyl (C=O) groups excluding carboxylic acids is 1. The minimum absolute atomic E-state index is 0.135. The zero-order valence-electron chi connectivity index (χ0n) is 10.9. The maximum atomic E-state index is 11.2. The summed E-state index contributed by atoms with van der Waals surface area (Å²) in [6.45, 7) is 1.38. The SMILES string of the molecule is O=C1CCC(CNC2CCOc3c(Cl)cc(Cl)cc32)N1. The van der Waals surface area contributed by atoms with Gasteiger partial charge in [-0.25, -0.2) is 0 Å². The third-order valence-corrected chi connectivity index (χ3v) is 4.26. The highest BCUT2D eigenvalue weighted by molar-refractivity contribution is 6.35. The summed E-state index contributed by atoms with van der Waals surface area (Å²) in [7, 11) is 0. The molecule has 1 aromatic rings. The van der Waals surface area contributed by atoms with Crippen LogP contribution in [0.25, 0.3) is 0 Å². The molecular weight excluding hydrogens is 299 g/mol. The summed E-state index contributed by atoms with van der Waals surface area (Å²) in [5.74, 6) is 0.852. The van der Waals surface area contributed by atoms with E-state index >= 15 is 0 Å². The van der Waals surface area contributed by atoms with E-state index in [0.29, 0.717) is 23.1 Å². The zero-order valence-corrected chi connectivity index (χ0v) is 12.4. The number of hydrogen-bond donors (Lipinski definition) is 2. The number of halogens is 2. The quantitative estimate of drug-likeness (QED) is 0.902. The zero-order chi connectivity index (χ0) is 14.1. The van der Waals surface area contributed by atoms with Crippen LogP contribution in [0.5, 0.6) is 5.75 Å². The van der Waals surface area contributed by atoms with Crippen molar-refractivity contribution in [2.24, 2.45) is 0 Å². The molecule has 1 aromatic carbocycles. The molecule has 0 radical (unpaired) electrons. The van der Waals surface area contributed by atoms with Crippen molar-refractivity contribution in [2.45, 2.75) is 31.3 Å². The van der Waals surface area contributed by atoms with Gasteiger partial charge in [0.25, 0.3) is 0 Å². The lowest BCUT2D eigenvalue weighted by molar-refractivity contribution is -0.119. The molecule has 0 spiro atoms. The van der Waals surface area contributed by atoms with Gasteiger partial charge in [0.2, 0.25) is 5.91 Å². The lowest BCUT2D eigenvalue weighted by Gasteiger charge is -2.28. The Labute approximate surface area is 127 Å². The molecule has 1 amide bonds. The summed E-state index contributed by atoms with van der Waals surface area (Å²) in [4.78, 5) is 11.2. The maximum absolute atomic E-state index is 11.2. The van der Waals surface area contributed by atoms with Gasteiger partial charge in [-0.05, 0) is 18.6 Å². The highest BCUT2D eigenvalue weighted by Gasteiger charge is 2.26. The van der Waals surface area contributed by atoms with Crippen molar-refractivity contribution >= 4 is 29.1 Å². The first-order valence-electron chi connectivity index (χ1n) is 6.78. The van der Waals surface area contributed by atoms with Crippen molar-refractivity contribution in [1.82, 2.24) is 10.6 Å². The molecule has 2 unspecified atom stereocenters. The van der Waals surface area contributed by atoms with Crippen molar-refractivity contribution in [3.63, 3.8) is 0 Å². The molecule has 2 aliphatic heterocycles. The van der Waals surface area contributed by atoms with Crippen LogP contribution >= 0.6 is 23.2 Å². The molecule has 2 N–H and O–H groups in total. The monoisotopic (exact) mass is 314 g/mol. The van der Waals surface area contributed by atoms with Crippen molar-refractivity contribution in [1.29, 1.82) is 0 Å². The van der Waals surface area contributed by atoms with Gasteiger partial charge in [-0.3, -0.25) is 4.79 Å². The van der Waals surface area contributed by atoms with Gasteiger partial charge < -0.3 is 15.4 Å². The van der Waals surface area contributed by atoms with Gasteiger partial charge in [0.05, 0.1) is 11.6 Å². The Morgan fingerprint density at radius 2 is 2.20 bits per heavy atom. The van der Waals surface area contributed by atoms with E-state index in [0.717, 1.165) is 30.7 Å². The second-order valence-electron chi connectivity index (χ2n) is 5.21. The fraction of sp³-hybridized carbons (Fsp3) is 0.500. The molecule has 2 atom stereocenters. The number of ether oxygens (including phenoxy) is 1. The molecule has 0 bridgehead atoms.